The molecule has 0 aliphatic rings. The molecule has 2 atom stereocenters. The van der Waals surface area contributed by atoms with Gasteiger partial charge in [-0.25, -0.2) is 0 Å². The predicted molar refractivity (Wildman–Crippen MR) is 52.4 cm³/mol. The van der Waals surface area contributed by atoms with Crippen LogP contribution in [0.5, 0.6) is 0 Å². The average Bonchev–Trinajstić information content (AvgIpc) is 1.84. The van der Waals surface area contributed by atoms with Crippen molar-refractivity contribution < 1.29 is 4.99 Å². The lowest BCUT2D eigenvalue weighted by molar-refractivity contribution is -0.502. The molecular formula is C9H22N3+. The molecule has 0 spiro atoms. The van der Waals surface area contributed by atoms with Gasteiger partial charge >= 0.3 is 5.96 Å². The minimum Gasteiger partial charge on any atom is -0.291 e. The number of nitrogens with two attached hydrogens (primary N) is 2. The Kier molecular flexibility index (Phi) is 4.71. The SMILES string of the molecule is CC(CC(C)C(C)C)[NH+]=C(N)N. The lowest BCUT2D eigenvalue weighted by Crippen LogP contribution is -2.83. The van der Waals surface area contributed by atoms with Crippen molar-refractivity contribution in [1.82, 2.24) is 0 Å². The van der Waals surface area contributed by atoms with E-state index in [9.17, 15) is 0 Å². The smallest absolute Gasteiger partial charge is 0.291 e. The zero-order chi connectivity index (χ0) is 9.72. The van der Waals surface area contributed by atoms with E-state index in [2.05, 4.69) is 32.7 Å². The summed E-state index contributed by atoms with van der Waals surface area (Å²) in [5.74, 6) is 1.73. The van der Waals surface area contributed by atoms with Gasteiger partial charge in [0.2, 0.25) is 0 Å². The summed E-state index contributed by atoms with van der Waals surface area (Å²) in [5.41, 5.74) is 10.7. The molecule has 0 amide bonds. The summed E-state index contributed by atoms with van der Waals surface area (Å²) in [6, 6.07) is 0.368. The van der Waals surface area contributed by atoms with Crippen molar-refractivity contribution in [2.75, 3.05) is 0 Å². The summed E-state index contributed by atoms with van der Waals surface area (Å²) in [6.45, 7) is 8.80. The Hall–Kier alpha value is -0.730. The molecule has 3 heteroatoms. The zero-order valence-corrected chi connectivity index (χ0v) is 8.59. The first-order valence-electron chi connectivity index (χ1n) is 4.58. The van der Waals surface area contributed by atoms with Gasteiger partial charge in [-0.3, -0.25) is 16.5 Å². The predicted octanol–water partition coefficient (Wildman–Crippen LogP) is -0.589. The molecule has 0 aromatic heterocycles. The first kappa shape index (κ1) is 11.3. The summed E-state index contributed by atoms with van der Waals surface area (Å²) in [7, 11) is 0. The van der Waals surface area contributed by atoms with Crippen molar-refractivity contribution in [1.29, 1.82) is 0 Å². The van der Waals surface area contributed by atoms with Crippen LogP contribution in [0.4, 0.5) is 0 Å². The summed E-state index contributed by atoms with van der Waals surface area (Å²) in [5, 5.41) is 0. The third-order valence-electron chi connectivity index (χ3n) is 2.28. The van der Waals surface area contributed by atoms with E-state index >= 15 is 0 Å². The Morgan fingerprint density at radius 1 is 1.17 bits per heavy atom. The molecule has 72 valence electrons. The highest BCUT2D eigenvalue weighted by molar-refractivity contribution is 5.69. The summed E-state index contributed by atoms with van der Waals surface area (Å²) in [6.07, 6.45) is 1.11. The molecule has 12 heavy (non-hydrogen) atoms. The van der Waals surface area contributed by atoms with Gasteiger partial charge in [0, 0.05) is 0 Å². The maximum Gasteiger partial charge on any atom is 0.338 e. The second kappa shape index (κ2) is 5.01. The second-order valence-electron chi connectivity index (χ2n) is 3.96. The first-order chi connectivity index (χ1) is 5.43. The Morgan fingerprint density at radius 3 is 2.00 bits per heavy atom. The van der Waals surface area contributed by atoms with Crippen LogP contribution in [-0.2, 0) is 0 Å². The number of rotatable bonds is 4. The van der Waals surface area contributed by atoms with Crippen molar-refractivity contribution in [3.63, 3.8) is 0 Å². The van der Waals surface area contributed by atoms with E-state index in [4.69, 9.17) is 11.5 Å². The normalized spacial score (nSPS) is 15.8. The second-order valence-corrected chi connectivity index (χ2v) is 3.96. The standard InChI is InChI=1S/C9H21N3/c1-6(2)7(3)5-8(4)12-9(10)11/h6-8H,5H2,1-4H3,(H4,10,11,12)/p+1. The first-order valence-corrected chi connectivity index (χ1v) is 4.58. The molecule has 3 nitrogen and oxygen atoms in total. The lowest BCUT2D eigenvalue weighted by Gasteiger charge is -2.16. The van der Waals surface area contributed by atoms with Crippen molar-refractivity contribution in [2.24, 2.45) is 23.3 Å². The number of hydrogen-bond donors (Lipinski definition) is 3. The zero-order valence-electron chi connectivity index (χ0n) is 8.59. The monoisotopic (exact) mass is 172 g/mol. The highest BCUT2D eigenvalue weighted by atomic mass is 15.0. The molecule has 0 bridgehead atoms. The highest BCUT2D eigenvalue weighted by Gasteiger charge is 2.11. The average molecular weight is 172 g/mol. The molecule has 0 aromatic rings. The third-order valence-corrected chi connectivity index (χ3v) is 2.28. The molecule has 0 radical (unpaired) electrons. The van der Waals surface area contributed by atoms with Crippen LogP contribution in [-0.4, -0.2) is 12.0 Å². The molecule has 0 aliphatic heterocycles. The van der Waals surface area contributed by atoms with Gasteiger partial charge in [-0.1, -0.05) is 20.8 Å². The fraction of sp³-hybridized carbons (Fsp3) is 0.889. The summed E-state index contributed by atoms with van der Waals surface area (Å²) >= 11 is 0. The van der Waals surface area contributed by atoms with E-state index in [1.54, 1.807) is 0 Å². The molecule has 0 fully saturated rings. The van der Waals surface area contributed by atoms with E-state index in [0.29, 0.717) is 23.8 Å². The fourth-order valence-electron chi connectivity index (χ4n) is 1.17. The van der Waals surface area contributed by atoms with Crippen molar-refractivity contribution in [2.45, 2.75) is 40.2 Å². The Balaban J connectivity index is 3.84. The van der Waals surface area contributed by atoms with Crippen LogP contribution < -0.4 is 16.5 Å². The Bertz CT molecular complexity index is 148. The maximum absolute atomic E-state index is 5.33. The quantitative estimate of drug-likeness (QED) is 0.392. The number of nitrogens with one attached hydrogen (secondary N) is 1. The van der Waals surface area contributed by atoms with E-state index in [0.717, 1.165) is 6.42 Å². The van der Waals surface area contributed by atoms with Crippen LogP contribution in [0.1, 0.15) is 34.1 Å². The Morgan fingerprint density at radius 2 is 1.67 bits per heavy atom. The van der Waals surface area contributed by atoms with E-state index in [1.807, 2.05) is 0 Å². The van der Waals surface area contributed by atoms with E-state index < -0.39 is 0 Å². The van der Waals surface area contributed by atoms with Gasteiger partial charge in [-0.05, 0) is 25.2 Å². The maximum atomic E-state index is 5.33. The van der Waals surface area contributed by atoms with Gasteiger partial charge in [-0.2, -0.15) is 0 Å². The topological polar surface area (TPSA) is 66.0 Å². The summed E-state index contributed by atoms with van der Waals surface area (Å²) < 4.78 is 0. The van der Waals surface area contributed by atoms with Crippen LogP contribution in [0.25, 0.3) is 0 Å². The number of hydrogen-bond acceptors (Lipinski definition) is 0. The highest BCUT2D eigenvalue weighted by Crippen LogP contribution is 2.14. The van der Waals surface area contributed by atoms with Gasteiger partial charge in [0.1, 0.15) is 0 Å². The third kappa shape index (κ3) is 4.99. The van der Waals surface area contributed by atoms with Crippen LogP contribution in [0, 0.1) is 11.8 Å². The van der Waals surface area contributed by atoms with Crippen molar-refractivity contribution in [3.05, 3.63) is 0 Å². The number of guanidine groups is 1. The Labute approximate surface area is 75.2 Å². The molecule has 0 saturated carbocycles. The molecule has 2 unspecified atom stereocenters. The molecule has 0 saturated heterocycles. The molecule has 5 N–H and O–H groups in total. The molecule has 0 heterocycles. The minimum atomic E-state index is 0.318. The van der Waals surface area contributed by atoms with Crippen LogP contribution in [0.15, 0.2) is 0 Å². The van der Waals surface area contributed by atoms with Gasteiger partial charge in [-0.15, -0.1) is 0 Å². The van der Waals surface area contributed by atoms with Crippen LogP contribution >= 0.6 is 0 Å². The van der Waals surface area contributed by atoms with Gasteiger partial charge in [0.05, 0.1) is 6.04 Å². The molecule has 0 aromatic carbocycles. The minimum absolute atomic E-state index is 0.318. The van der Waals surface area contributed by atoms with E-state index in [-0.39, 0.29) is 0 Å². The summed E-state index contributed by atoms with van der Waals surface area (Å²) in [4.78, 5) is 3.00. The molecule has 0 rings (SSSR count). The van der Waals surface area contributed by atoms with Crippen LogP contribution in [0.2, 0.25) is 0 Å². The molecular weight excluding hydrogens is 150 g/mol. The van der Waals surface area contributed by atoms with Crippen molar-refractivity contribution >= 4 is 5.96 Å². The van der Waals surface area contributed by atoms with E-state index in [1.165, 1.54) is 0 Å². The largest absolute Gasteiger partial charge is 0.338 e. The molecule has 0 aliphatic carbocycles. The lowest BCUT2D eigenvalue weighted by atomic mass is 9.92. The van der Waals surface area contributed by atoms with Crippen molar-refractivity contribution in [3.8, 4) is 0 Å². The van der Waals surface area contributed by atoms with Crippen LogP contribution in [0.3, 0.4) is 0 Å². The van der Waals surface area contributed by atoms with Gasteiger partial charge in [0.25, 0.3) is 0 Å². The van der Waals surface area contributed by atoms with Gasteiger partial charge in [0.15, 0.2) is 0 Å². The van der Waals surface area contributed by atoms with Gasteiger partial charge < -0.3 is 0 Å². The fourth-order valence-corrected chi connectivity index (χ4v) is 1.17.